The largest absolute Gasteiger partial charge is 0.458 e. The first-order valence-electron chi connectivity index (χ1n) is 5.86. The van der Waals surface area contributed by atoms with Crippen molar-refractivity contribution in [3.8, 4) is 5.75 Å². The molecule has 0 bridgehead atoms. The first-order chi connectivity index (χ1) is 8.81. The summed E-state index contributed by atoms with van der Waals surface area (Å²) in [6.07, 6.45) is 6.74. The Kier molecular flexibility index (Phi) is 3.27. The Labute approximate surface area is 107 Å². The summed E-state index contributed by atoms with van der Waals surface area (Å²) >= 11 is 0. The lowest BCUT2D eigenvalue weighted by molar-refractivity contribution is -0.413. The maximum Gasteiger partial charge on any atom is 0.233 e. The normalized spacial score (nSPS) is 31.2. The molecule has 1 aliphatic heterocycles. The van der Waals surface area contributed by atoms with Crippen LogP contribution in [0.3, 0.4) is 0 Å². The van der Waals surface area contributed by atoms with Gasteiger partial charge in [-0.3, -0.25) is 0 Å². The van der Waals surface area contributed by atoms with Gasteiger partial charge in [0.05, 0.1) is 0 Å². The third kappa shape index (κ3) is 2.25. The molecule has 1 saturated heterocycles. The summed E-state index contributed by atoms with van der Waals surface area (Å²) in [5.74, 6) is 4.34. The smallest absolute Gasteiger partial charge is 0.233 e. The van der Waals surface area contributed by atoms with Gasteiger partial charge in [0, 0.05) is 13.5 Å². The monoisotopic (exact) mass is 266 g/mol. The molecule has 1 fully saturated rings. The van der Waals surface area contributed by atoms with Crippen molar-refractivity contribution < 1.29 is 19.2 Å². The van der Waals surface area contributed by atoms with Gasteiger partial charge in [-0.15, -0.1) is 8.19 Å². The van der Waals surface area contributed by atoms with Gasteiger partial charge in [-0.2, -0.15) is 0 Å². The minimum Gasteiger partial charge on any atom is -0.458 e. The van der Waals surface area contributed by atoms with Gasteiger partial charge in [0.15, 0.2) is 0 Å². The minimum atomic E-state index is -0.695. The summed E-state index contributed by atoms with van der Waals surface area (Å²) < 4.78 is 11.4. The van der Waals surface area contributed by atoms with E-state index in [0.29, 0.717) is 21.2 Å². The van der Waals surface area contributed by atoms with Crippen LogP contribution in [0.4, 0.5) is 0 Å². The summed E-state index contributed by atoms with van der Waals surface area (Å²) in [5, 5.41) is 0. The van der Waals surface area contributed by atoms with Crippen molar-refractivity contribution in [2.75, 3.05) is 13.7 Å². The van der Waals surface area contributed by atoms with Crippen molar-refractivity contribution in [2.24, 2.45) is 0 Å². The fourth-order valence-electron chi connectivity index (χ4n) is 1.99. The van der Waals surface area contributed by atoms with Crippen LogP contribution in [0.15, 0.2) is 41.5 Å². The lowest BCUT2D eigenvalue weighted by Gasteiger charge is -2.33. The van der Waals surface area contributed by atoms with E-state index in [1.54, 1.807) is 7.11 Å². The molecular weight excluding hydrogens is 251 g/mol. The molecule has 18 heavy (non-hydrogen) atoms. The van der Waals surface area contributed by atoms with Crippen molar-refractivity contribution >= 4 is 8.19 Å². The molecule has 0 saturated carbocycles. The van der Waals surface area contributed by atoms with E-state index in [1.165, 1.54) is 0 Å². The van der Waals surface area contributed by atoms with Crippen molar-refractivity contribution in [1.29, 1.82) is 0 Å². The van der Waals surface area contributed by atoms with E-state index < -0.39 is 5.79 Å². The maximum atomic E-state index is 5.92. The molecule has 1 aliphatic carbocycles. The molecule has 4 nitrogen and oxygen atoms in total. The highest BCUT2D eigenvalue weighted by molar-refractivity contribution is 7.28. The SMILES string of the molecule is COC1(Oc2cc[pH]c2)C=CC(C2COO2)=CC1. The standard InChI is InChI=1S/C13H15O4P/c1-14-13(16-11-4-7-18-9-11)5-2-10(3-6-13)12-8-15-17-12/h2-5,7,9,12,18H,6,8H2,1H3. The fraction of sp³-hybridized carbons (Fsp3) is 0.385. The second-order valence-electron chi connectivity index (χ2n) is 4.28. The lowest BCUT2D eigenvalue weighted by Crippen LogP contribution is -2.39. The predicted molar refractivity (Wildman–Crippen MR) is 69.0 cm³/mol. The average molecular weight is 266 g/mol. The number of hydrogen-bond acceptors (Lipinski definition) is 4. The fourth-order valence-corrected chi connectivity index (χ4v) is 2.66. The topological polar surface area (TPSA) is 36.9 Å². The third-order valence-electron chi connectivity index (χ3n) is 3.13. The second kappa shape index (κ2) is 4.90. The van der Waals surface area contributed by atoms with E-state index in [1.807, 2.05) is 18.2 Å². The molecule has 0 radical (unpaired) electrons. The van der Waals surface area contributed by atoms with Crippen LogP contribution >= 0.6 is 8.19 Å². The summed E-state index contributed by atoms with van der Waals surface area (Å²) in [4.78, 5) is 9.70. The van der Waals surface area contributed by atoms with Crippen molar-refractivity contribution in [2.45, 2.75) is 18.3 Å². The molecule has 1 aromatic rings. The van der Waals surface area contributed by atoms with Crippen LogP contribution in [0, 0.1) is 0 Å². The van der Waals surface area contributed by atoms with E-state index >= 15 is 0 Å². The average Bonchev–Trinajstić information content (AvgIpc) is 2.82. The molecule has 3 rings (SSSR count). The highest BCUT2D eigenvalue weighted by Gasteiger charge is 2.33. The van der Waals surface area contributed by atoms with Gasteiger partial charge in [0.1, 0.15) is 18.5 Å². The molecule has 5 heteroatoms. The van der Waals surface area contributed by atoms with Crippen LogP contribution in [-0.2, 0) is 14.5 Å². The molecule has 3 unspecified atom stereocenters. The molecule has 0 N–H and O–H groups in total. The van der Waals surface area contributed by atoms with Gasteiger partial charge in [-0.25, -0.2) is 9.78 Å². The zero-order valence-corrected chi connectivity index (χ0v) is 11.1. The molecular formula is C13H15O4P. The first-order valence-corrected chi connectivity index (χ1v) is 7.01. The number of rotatable bonds is 4. The predicted octanol–water partition coefficient (Wildman–Crippen LogP) is 2.66. The molecule has 0 aromatic carbocycles. The Morgan fingerprint density at radius 3 is 2.89 bits per heavy atom. The first kappa shape index (κ1) is 12.0. The highest BCUT2D eigenvalue weighted by atomic mass is 31.0. The zero-order valence-electron chi connectivity index (χ0n) is 10.1. The van der Waals surface area contributed by atoms with Crippen LogP contribution in [0.25, 0.3) is 0 Å². The Bertz CT molecular complexity index is 461. The summed E-state index contributed by atoms with van der Waals surface area (Å²) in [6.45, 7) is 0.617. The second-order valence-corrected chi connectivity index (χ2v) is 5.23. The quantitative estimate of drug-likeness (QED) is 0.620. The van der Waals surface area contributed by atoms with E-state index in [4.69, 9.17) is 19.2 Å². The number of ether oxygens (including phenoxy) is 2. The Morgan fingerprint density at radius 2 is 2.39 bits per heavy atom. The molecule has 2 heterocycles. The molecule has 1 aromatic heterocycles. The van der Waals surface area contributed by atoms with Gasteiger partial charge < -0.3 is 9.47 Å². The van der Waals surface area contributed by atoms with Gasteiger partial charge in [-0.05, 0) is 29.3 Å². The maximum absolute atomic E-state index is 5.92. The van der Waals surface area contributed by atoms with Crippen molar-refractivity contribution in [3.63, 3.8) is 0 Å². The highest BCUT2D eigenvalue weighted by Crippen LogP contribution is 2.32. The van der Waals surface area contributed by atoms with Gasteiger partial charge in [0.25, 0.3) is 0 Å². The van der Waals surface area contributed by atoms with E-state index in [0.717, 1.165) is 11.3 Å². The summed E-state index contributed by atoms with van der Waals surface area (Å²) in [7, 11) is 2.36. The molecule has 96 valence electrons. The lowest BCUT2D eigenvalue weighted by atomic mass is 9.98. The van der Waals surface area contributed by atoms with Crippen molar-refractivity contribution in [1.82, 2.24) is 0 Å². The Hall–Kier alpha value is -1.06. The van der Waals surface area contributed by atoms with Gasteiger partial charge >= 0.3 is 0 Å². The summed E-state index contributed by atoms with van der Waals surface area (Å²) in [5.41, 5.74) is 1.12. The van der Waals surface area contributed by atoms with Crippen LogP contribution in [0.5, 0.6) is 5.75 Å². The molecule has 0 amide bonds. The van der Waals surface area contributed by atoms with Crippen molar-refractivity contribution in [3.05, 3.63) is 41.5 Å². The van der Waals surface area contributed by atoms with E-state index in [2.05, 4.69) is 17.7 Å². The number of methoxy groups -OCH3 is 1. The Morgan fingerprint density at radius 1 is 1.50 bits per heavy atom. The molecule has 0 spiro atoms. The Balaban J connectivity index is 1.71. The van der Waals surface area contributed by atoms with Crippen LogP contribution in [-0.4, -0.2) is 25.6 Å². The zero-order chi connectivity index (χ0) is 12.4. The minimum absolute atomic E-state index is 0.0585. The molecule has 2 aliphatic rings. The van der Waals surface area contributed by atoms with Crippen LogP contribution in [0.2, 0.25) is 0 Å². The van der Waals surface area contributed by atoms with E-state index in [-0.39, 0.29) is 6.10 Å². The summed E-state index contributed by atoms with van der Waals surface area (Å²) in [6, 6.07) is 1.98. The van der Waals surface area contributed by atoms with Crippen LogP contribution < -0.4 is 4.74 Å². The third-order valence-corrected chi connectivity index (χ3v) is 3.94. The number of hydrogen-bond donors (Lipinski definition) is 0. The van der Waals surface area contributed by atoms with Crippen LogP contribution in [0.1, 0.15) is 6.42 Å². The van der Waals surface area contributed by atoms with Gasteiger partial charge in [-0.1, -0.05) is 12.2 Å². The van der Waals surface area contributed by atoms with E-state index in [9.17, 15) is 0 Å². The van der Waals surface area contributed by atoms with Gasteiger partial charge in [0.2, 0.25) is 5.79 Å². The molecule has 3 atom stereocenters.